The molecule has 0 fully saturated rings. The van der Waals surface area contributed by atoms with Crippen molar-refractivity contribution in [1.82, 2.24) is 0 Å². The Morgan fingerprint density at radius 2 is 0.469 bits per heavy atom. The van der Waals surface area contributed by atoms with Crippen LogP contribution >= 0.6 is 15.6 Å². The van der Waals surface area contributed by atoms with E-state index in [0.717, 1.165) is 102 Å². The summed E-state index contributed by atoms with van der Waals surface area (Å²) in [4.78, 5) is 72.9. The summed E-state index contributed by atoms with van der Waals surface area (Å²) in [7, 11) is -9.91. The highest BCUT2D eigenvalue weighted by molar-refractivity contribution is 7.47. The summed E-state index contributed by atoms with van der Waals surface area (Å²) < 4.78 is 68.6. The molecule has 0 rings (SSSR count). The normalized spacial score (nSPS) is 13.9. The topological polar surface area (TPSA) is 237 Å². The first-order valence-electron chi connectivity index (χ1n) is 41.0. The zero-order valence-corrected chi connectivity index (χ0v) is 65.9. The summed E-state index contributed by atoms with van der Waals surface area (Å²) in [6, 6.07) is 0. The average Bonchev–Trinajstić information content (AvgIpc) is 1.10. The van der Waals surface area contributed by atoms with Gasteiger partial charge in [-0.3, -0.25) is 37.3 Å². The Kier molecular flexibility index (Phi) is 69.3. The summed E-state index contributed by atoms with van der Waals surface area (Å²) in [6.45, 7) is 9.59. The van der Waals surface area contributed by atoms with E-state index in [-0.39, 0.29) is 25.7 Å². The zero-order chi connectivity index (χ0) is 72.1. The lowest BCUT2D eigenvalue weighted by Gasteiger charge is -2.21. The van der Waals surface area contributed by atoms with Gasteiger partial charge in [-0.05, 0) is 37.5 Å². The fraction of sp³-hybridized carbons (Fsp3) is 0.949. The predicted molar refractivity (Wildman–Crippen MR) is 400 cm³/mol. The van der Waals surface area contributed by atoms with Crippen LogP contribution in [0.5, 0.6) is 0 Å². The minimum absolute atomic E-state index is 0.106. The molecule has 17 nitrogen and oxygen atoms in total. The van der Waals surface area contributed by atoms with Gasteiger partial charge in [0.2, 0.25) is 0 Å². The Morgan fingerprint density at radius 3 is 0.694 bits per heavy atom. The Labute approximate surface area is 600 Å². The van der Waals surface area contributed by atoms with Crippen molar-refractivity contribution in [3.63, 3.8) is 0 Å². The summed E-state index contributed by atoms with van der Waals surface area (Å²) >= 11 is 0. The van der Waals surface area contributed by atoms with Gasteiger partial charge in [0.25, 0.3) is 0 Å². The molecule has 0 aliphatic heterocycles. The third kappa shape index (κ3) is 72.4. The molecule has 2 unspecified atom stereocenters. The number of unbranched alkanes of at least 4 members (excludes halogenated alkanes) is 48. The fourth-order valence-electron chi connectivity index (χ4n) is 12.2. The molecule has 0 aromatic rings. The third-order valence-corrected chi connectivity index (χ3v) is 20.4. The van der Waals surface area contributed by atoms with E-state index in [1.165, 1.54) is 225 Å². The van der Waals surface area contributed by atoms with E-state index in [9.17, 15) is 43.2 Å². The van der Waals surface area contributed by atoms with Gasteiger partial charge in [0.1, 0.15) is 19.3 Å². The van der Waals surface area contributed by atoms with Crippen LogP contribution in [-0.2, 0) is 65.4 Å². The number of esters is 4. The molecule has 0 saturated heterocycles. The molecule has 0 aromatic heterocycles. The molecule has 0 heterocycles. The molecule has 19 heteroatoms. The van der Waals surface area contributed by atoms with Crippen LogP contribution in [0, 0.1) is 11.8 Å². The third-order valence-electron chi connectivity index (χ3n) is 18.5. The Morgan fingerprint density at radius 1 is 0.276 bits per heavy atom. The molecule has 0 bridgehead atoms. The molecule has 0 spiro atoms. The van der Waals surface area contributed by atoms with Gasteiger partial charge in [-0.2, -0.15) is 0 Å². The lowest BCUT2D eigenvalue weighted by atomic mass is 10.0. The second-order valence-corrected chi connectivity index (χ2v) is 32.3. The highest BCUT2D eigenvalue weighted by Gasteiger charge is 2.30. The molecule has 0 amide bonds. The van der Waals surface area contributed by atoms with E-state index in [2.05, 4.69) is 41.5 Å². The van der Waals surface area contributed by atoms with Gasteiger partial charge >= 0.3 is 39.5 Å². The van der Waals surface area contributed by atoms with E-state index in [1.807, 2.05) is 0 Å². The number of aliphatic hydroxyl groups excluding tert-OH is 1. The van der Waals surface area contributed by atoms with Crippen molar-refractivity contribution in [1.29, 1.82) is 0 Å². The molecule has 3 N–H and O–H groups in total. The molecular weight excluding hydrogens is 1280 g/mol. The molecule has 0 aliphatic carbocycles. The number of ether oxygens (including phenoxy) is 4. The van der Waals surface area contributed by atoms with Gasteiger partial charge in [0.05, 0.1) is 26.4 Å². The largest absolute Gasteiger partial charge is 0.472 e. The van der Waals surface area contributed by atoms with Crippen molar-refractivity contribution in [3.05, 3.63) is 0 Å². The first-order chi connectivity index (χ1) is 47.4. The molecule has 0 aromatic carbocycles. The zero-order valence-electron chi connectivity index (χ0n) is 64.1. The lowest BCUT2D eigenvalue weighted by Crippen LogP contribution is -2.30. The van der Waals surface area contributed by atoms with E-state index in [1.54, 1.807) is 0 Å². The van der Waals surface area contributed by atoms with E-state index in [4.69, 9.17) is 37.0 Å². The van der Waals surface area contributed by atoms with Gasteiger partial charge < -0.3 is 33.8 Å². The van der Waals surface area contributed by atoms with Crippen molar-refractivity contribution >= 4 is 39.5 Å². The van der Waals surface area contributed by atoms with Crippen molar-refractivity contribution < 1.29 is 80.2 Å². The minimum Gasteiger partial charge on any atom is -0.462 e. The first-order valence-corrected chi connectivity index (χ1v) is 44.0. The molecule has 0 radical (unpaired) electrons. The van der Waals surface area contributed by atoms with Gasteiger partial charge in [-0.15, -0.1) is 0 Å². The van der Waals surface area contributed by atoms with Gasteiger partial charge in [0, 0.05) is 25.7 Å². The highest BCUT2D eigenvalue weighted by Crippen LogP contribution is 2.45. The molecule has 582 valence electrons. The van der Waals surface area contributed by atoms with Gasteiger partial charge in [0.15, 0.2) is 12.2 Å². The number of carbonyl (C=O) groups excluding carboxylic acids is 4. The molecular formula is C79H154O17P2. The summed E-state index contributed by atoms with van der Waals surface area (Å²) in [5.41, 5.74) is 0. The smallest absolute Gasteiger partial charge is 0.462 e. The summed E-state index contributed by atoms with van der Waals surface area (Å²) in [6.07, 6.45) is 59.8. The number of aliphatic hydroxyl groups is 1. The van der Waals surface area contributed by atoms with Crippen LogP contribution in [0.3, 0.4) is 0 Å². The van der Waals surface area contributed by atoms with Crippen LogP contribution < -0.4 is 0 Å². The quantitative estimate of drug-likeness (QED) is 0.0222. The summed E-state index contributed by atoms with van der Waals surface area (Å²) in [5.74, 6) is -0.600. The van der Waals surface area contributed by atoms with Gasteiger partial charge in [-0.1, -0.05) is 363 Å². The number of hydrogen-bond donors (Lipinski definition) is 3. The predicted octanol–water partition coefficient (Wildman–Crippen LogP) is 23.5. The van der Waals surface area contributed by atoms with Crippen LogP contribution in [0.4, 0.5) is 0 Å². The summed E-state index contributed by atoms with van der Waals surface area (Å²) in [5, 5.41) is 10.6. The van der Waals surface area contributed by atoms with Crippen molar-refractivity contribution in [2.24, 2.45) is 11.8 Å². The first kappa shape index (κ1) is 96.1. The standard InChI is InChI=1S/C79H154O17P2/c1-7-9-11-13-15-17-19-20-21-22-23-24-27-31-35-39-45-52-58-64-79(84)95-74(67-89-76(81)61-55-49-43-37-34-30-28-25-26-29-33-36-41-47-53-59-71(3)4)69-93-97(85,86)91-65-73(80)66-92-98(87,88)94-70-75(68-90-77(82)62-56-50-46-40-42-48-54-60-72(5)6)96-78(83)63-57-51-44-38-32-18-16-14-12-10-8-2/h71-75,80H,7-70H2,1-6H3,(H,85,86)(H,87,88)/t73-,74-,75-/m1/s1. The SMILES string of the molecule is CCCCCCCCCCCCCCCCCCCCCC(=O)O[C@H](COC(=O)CCCCCCCCCCCCCCCCCC(C)C)COP(=O)(O)OC[C@@H](O)COP(=O)(O)OC[C@@H](COC(=O)CCCCCCCCCC(C)C)OC(=O)CCCCCCCCCCCCC. The second kappa shape index (κ2) is 70.7. The lowest BCUT2D eigenvalue weighted by molar-refractivity contribution is -0.161. The van der Waals surface area contributed by atoms with Crippen molar-refractivity contribution in [2.45, 2.75) is 432 Å². The van der Waals surface area contributed by atoms with Crippen molar-refractivity contribution in [2.75, 3.05) is 39.6 Å². The number of carbonyl (C=O) groups is 4. The Bertz CT molecular complexity index is 1890. The van der Waals surface area contributed by atoms with Crippen LogP contribution in [0.2, 0.25) is 0 Å². The van der Waals surface area contributed by atoms with E-state index in [0.29, 0.717) is 31.6 Å². The van der Waals surface area contributed by atoms with Crippen molar-refractivity contribution in [3.8, 4) is 0 Å². The molecule has 0 aliphatic rings. The average molecular weight is 1440 g/mol. The molecule has 98 heavy (non-hydrogen) atoms. The minimum atomic E-state index is -4.96. The maximum Gasteiger partial charge on any atom is 0.472 e. The maximum absolute atomic E-state index is 13.1. The van der Waals surface area contributed by atoms with E-state index < -0.39 is 97.5 Å². The number of hydrogen-bond acceptors (Lipinski definition) is 15. The monoisotopic (exact) mass is 1440 g/mol. The van der Waals surface area contributed by atoms with E-state index >= 15 is 0 Å². The van der Waals surface area contributed by atoms with Crippen LogP contribution in [-0.4, -0.2) is 96.7 Å². The Hall–Kier alpha value is -1.94. The number of phosphoric acid groups is 2. The number of phosphoric ester groups is 2. The van der Waals surface area contributed by atoms with Crippen LogP contribution in [0.15, 0.2) is 0 Å². The number of rotatable bonds is 78. The Balaban J connectivity index is 5.21. The highest BCUT2D eigenvalue weighted by atomic mass is 31.2. The fourth-order valence-corrected chi connectivity index (χ4v) is 13.8. The van der Waals surface area contributed by atoms with Crippen LogP contribution in [0.25, 0.3) is 0 Å². The maximum atomic E-state index is 13.1. The van der Waals surface area contributed by atoms with Crippen LogP contribution in [0.1, 0.15) is 414 Å². The molecule has 0 saturated carbocycles. The van der Waals surface area contributed by atoms with Gasteiger partial charge in [-0.25, -0.2) is 9.13 Å². The second-order valence-electron chi connectivity index (χ2n) is 29.4. The molecule has 5 atom stereocenters.